The number of rotatable bonds is 4. The van der Waals surface area contributed by atoms with E-state index in [1.807, 2.05) is 12.1 Å². The molecule has 0 atom stereocenters. The van der Waals surface area contributed by atoms with E-state index < -0.39 is 0 Å². The van der Waals surface area contributed by atoms with Crippen LogP contribution in [0.15, 0.2) is 36.5 Å². The minimum Gasteiger partial charge on any atom is -0.450 e. The van der Waals surface area contributed by atoms with Gasteiger partial charge in [0.2, 0.25) is 0 Å². The zero-order valence-corrected chi connectivity index (χ0v) is 16.6. The number of aromatic nitrogens is 1. The van der Waals surface area contributed by atoms with Crippen LogP contribution in [0.5, 0.6) is 0 Å². The van der Waals surface area contributed by atoms with Gasteiger partial charge in [0.25, 0.3) is 5.91 Å². The Labute approximate surface area is 165 Å². The average molecular weight is 382 g/mol. The van der Waals surface area contributed by atoms with Crippen LogP contribution in [0.1, 0.15) is 28.4 Å². The highest BCUT2D eigenvalue weighted by atomic mass is 16.6. The molecule has 28 heavy (non-hydrogen) atoms. The second kappa shape index (κ2) is 8.73. The van der Waals surface area contributed by atoms with Gasteiger partial charge < -0.3 is 19.9 Å². The first-order chi connectivity index (χ1) is 13.5. The summed E-state index contributed by atoms with van der Waals surface area (Å²) < 4.78 is 5.02. The predicted molar refractivity (Wildman–Crippen MR) is 108 cm³/mol. The number of piperazine rings is 1. The maximum atomic E-state index is 12.9. The lowest BCUT2D eigenvalue weighted by atomic mass is 10.1. The van der Waals surface area contributed by atoms with E-state index in [4.69, 9.17) is 4.74 Å². The molecule has 1 N–H and O–H groups in total. The number of nitrogens with zero attached hydrogens (tertiary/aromatic N) is 3. The van der Waals surface area contributed by atoms with Crippen LogP contribution >= 0.6 is 0 Å². The first kappa shape index (κ1) is 19.7. The molecule has 1 fully saturated rings. The van der Waals surface area contributed by atoms with Crippen LogP contribution in [0.2, 0.25) is 0 Å². The fourth-order valence-electron chi connectivity index (χ4n) is 3.15. The van der Waals surface area contributed by atoms with E-state index >= 15 is 0 Å². The number of pyridine rings is 1. The van der Waals surface area contributed by atoms with E-state index in [2.05, 4.69) is 30.2 Å². The van der Waals surface area contributed by atoms with Gasteiger partial charge in [-0.25, -0.2) is 9.78 Å². The summed E-state index contributed by atoms with van der Waals surface area (Å²) in [5.41, 5.74) is 3.89. The van der Waals surface area contributed by atoms with Crippen LogP contribution in [-0.4, -0.2) is 59.6 Å². The molecular weight excluding hydrogens is 356 g/mol. The lowest BCUT2D eigenvalue weighted by Crippen LogP contribution is -2.50. The molecule has 0 aliphatic carbocycles. The summed E-state index contributed by atoms with van der Waals surface area (Å²) in [6.07, 6.45) is 1.31. The third kappa shape index (κ3) is 4.42. The molecule has 0 spiro atoms. The summed E-state index contributed by atoms with van der Waals surface area (Å²) >= 11 is 0. The molecule has 0 radical (unpaired) electrons. The van der Waals surface area contributed by atoms with E-state index in [1.165, 1.54) is 5.56 Å². The van der Waals surface area contributed by atoms with Crippen molar-refractivity contribution in [3.05, 3.63) is 53.2 Å². The maximum absolute atomic E-state index is 12.9. The molecule has 0 bridgehead atoms. The van der Waals surface area contributed by atoms with E-state index in [1.54, 1.807) is 35.1 Å². The Hall–Kier alpha value is -3.09. The summed E-state index contributed by atoms with van der Waals surface area (Å²) in [4.78, 5) is 32.4. The SMILES string of the molecule is CCOC(=O)N1CCN(C(=O)c2ccnc(Nc3cccc(C)c3C)c2)CC1. The molecule has 7 nitrogen and oxygen atoms in total. The molecule has 1 aliphatic heterocycles. The van der Waals surface area contributed by atoms with E-state index in [0.717, 1.165) is 11.3 Å². The van der Waals surface area contributed by atoms with Gasteiger partial charge >= 0.3 is 6.09 Å². The Morgan fingerprint density at radius 2 is 1.82 bits per heavy atom. The zero-order chi connectivity index (χ0) is 20.1. The molecule has 2 aromatic rings. The number of carbonyl (C=O) groups excluding carboxylic acids is 2. The number of anilines is 2. The van der Waals surface area contributed by atoms with Gasteiger partial charge in [-0.3, -0.25) is 4.79 Å². The molecule has 7 heteroatoms. The van der Waals surface area contributed by atoms with Gasteiger partial charge in [0, 0.05) is 43.6 Å². The molecule has 148 valence electrons. The largest absolute Gasteiger partial charge is 0.450 e. The summed E-state index contributed by atoms with van der Waals surface area (Å²) in [6.45, 7) is 8.17. The number of benzene rings is 1. The fraction of sp³-hybridized carbons (Fsp3) is 0.381. The van der Waals surface area contributed by atoms with Crippen molar-refractivity contribution >= 4 is 23.5 Å². The average Bonchev–Trinajstić information content (AvgIpc) is 2.71. The van der Waals surface area contributed by atoms with Crippen LogP contribution in [0.3, 0.4) is 0 Å². The Kier molecular flexibility index (Phi) is 6.13. The van der Waals surface area contributed by atoms with Gasteiger partial charge in [0.15, 0.2) is 0 Å². The number of hydrogen-bond donors (Lipinski definition) is 1. The lowest BCUT2D eigenvalue weighted by Gasteiger charge is -2.34. The molecule has 2 amide bonds. The standard InChI is InChI=1S/C21H26N4O3/c1-4-28-21(27)25-12-10-24(11-13-25)20(26)17-8-9-22-19(14-17)23-18-7-5-6-15(2)16(18)3/h5-9,14H,4,10-13H2,1-3H3,(H,22,23). The number of nitrogens with one attached hydrogen (secondary N) is 1. The lowest BCUT2D eigenvalue weighted by molar-refractivity contribution is 0.0570. The van der Waals surface area contributed by atoms with Gasteiger partial charge in [-0.1, -0.05) is 12.1 Å². The van der Waals surface area contributed by atoms with Crippen molar-refractivity contribution in [2.24, 2.45) is 0 Å². The zero-order valence-electron chi connectivity index (χ0n) is 16.6. The Morgan fingerprint density at radius 3 is 2.54 bits per heavy atom. The Bertz CT molecular complexity index is 860. The molecule has 0 saturated carbocycles. The van der Waals surface area contributed by atoms with Gasteiger partial charge in [0.05, 0.1) is 6.61 Å². The van der Waals surface area contributed by atoms with Crippen LogP contribution in [-0.2, 0) is 4.74 Å². The molecule has 1 aromatic carbocycles. The van der Waals surface area contributed by atoms with E-state index in [9.17, 15) is 9.59 Å². The topological polar surface area (TPSA) is 74.8 Å². The summed E-state index contributed by atoms with van der Waals surface area (Å²) in [5.74, 6) is 0.569. The molecule has 1 aliphatic rings. The van der Waals surface area contributed by atoms with E-state index in [-0.39, 0.29) is 12.0 Å². The highest BCUT2D eigenvalue weighted by molar-refractivity contribution is 5.95. The maximum Gasteiger partial charge on any atom is 0.409 e. The highest BCUT2D eigenvalue weighted by Crippen LogP contribution is 2.22. The Balaban J connectivity index is 1.66. The minimum atomic E-state index is -0.321. The molecule has 2 heterocycles. The second-order valence-corrected chi connectivity index (χ2v) is 6.78. The van der Waals surface area contributed by atoms with Crippen LogP contribution < -0.4 is 5.32 Å². The highest BCUT2D eigenvalue weighted by Gasteiger charge is 2.25. The van der Waals surface area contributed by atoms with Crippen molar-refractivity contribution in [2.45, 2.75) is 20.8 Å². The third-order valence-corrected chi connectivity index (χ3v) is 4.97. The second-order valence-electron chi connectivity index (χ2n) is 6.78. The molecular formula is C21H26N4O3. The fourth-order valence-corrected chi connectivity index (χ4v) is 3.15. The summed E-state index contributed by atoms with van der Waals surface area (Å²) in [7, 11) is 0. The Morgan fingerprint density at radius 1 is 1.11 bits per heavy atom. The smallest absolute Gasteiger partial charge is 0.409 e. The number of amides is 2. The van der Waals surface area contributed by atoms with Gasteiger partial charge in [-0.05, 0) is 50.1 Å². The van der Waals surface area contributed by atoms with Gasteiger partial charge in [0.1, 0.15) is 5.82 Å². The molecule has 0 unspecified atom stereocenters. The number of hydrogen-bond acceptors (Lipinski definition) is 5. The molecule has 1 aromatic heterocycles. The van der Waals surface area contributed by atoms with Crippen molar-refractivity contribution in [3.63, 3.8) is 0 Å². The van der Waals surface area contributed by atoms with Crippen molar-refractivity contribution in [3.8, 4) is 0 Å². The van der Waals surface area contributed by atoms with Crippen molar-refractivity contribution in [1.82, 2.24) is 14.8 Å². The van der Waals surface area contributed by atoms with Crippen molar-refractivity contribution < 1.29 is 14.3 Å². The number of carbonyl (C=O) groups is 2. The summed E-state index contributed by atoms with van der Waals surface area (Å²) in [6, 6.07) is 9.52. The van der Waals surface area contributed by atoms with E-state index in [0.29, 0.717) is 44.2 Å². The monoisotopic (exact) mass is 382 g/mol. The summed E-state index contributed by atoms with van der Waals surface area (Å²) in [5, 5.41) is 3.30. The normalized spacial score (nSPS) is 14.0. The van der Waals surface area contributed by atoms with Gasteiger partial charge in [-0.2, -0.15) is 0 Å². The van der Waals surface area contributed by atoms with Crippen molar-refractivity contribution in [1.29, 1.82) is 0 Å². The first-order valence-corrected chi connectivity index (χ1v) is 9.50. The minimum absolute atomic E-state index is 0.0603. The predicted octanol–water partition coefficient (Wildman–Crippen LogP) is 3.36. The quantitative estimate of drug-likeness (QED) is 0.878. The van der Waals surface area contributed by atoms with Crippen LogP contribution in [0.25, 0.3) is 0 Å². The third-order valence-electron chi connectivity index (χ3n) is 4.97. The number of aryl methyl sites for hydroxylation is 1. The molecule has 3 rings (SSSR count). The molecule has 1 saturated heterocycles. The first-order valence-electron chi connectivity index (χ1n) is 9.50. The van der Waals surface area contributed by atoms with Crippen molar-refractivity contribution in [2.75, 3.05) is 38.1 Å². The van der Waals surface area contributed by atoms with Crippen LogP contribution in [0.4, 0.5) is 16.3 Å². The van der Waals surface area contributed by atoms with Crippen LogP contribution in [0, 0.1) is 13.8 Å². The van der Waals surface area contributed by atoms with Gasteiger partial charge in [-0.15, -0.1) is 0 Å². The number of ether oxygens (including phenoxy) is 1.